The normalized spacial score (nSPS) is 10.5. The average molecular weight is 280 g/mol. The molecule has 0 bridgehead atoms. The summed E-state index contributed by atoms with van der Waals surface area (Å²) in [5.74, 6) is 0.748. The molecule has 0 aromatic heterocycles. The fourth-order valence-electron chi connectivity index (χ4n) is 1.84. The van der Waals surface area contributed by atoms with E-state index in [1.807, 2.05) is 25.1 Å². The Hall–Kier alpha value is -1.58. The van der Waals surface area contributed by atoms with Crippen molar-refractivity contribution in [2.24, 2.45) is 5.73 Å². The summed E-state index contributed by atoms with van der Waals surface area (Å²) in [5.41, 5.74) is 7.75. The largest absolute Gasteiger partial charge is 0.456 e. The van der Waals surface area contributed by atoms with E-state index >= 15 is 0 Å². The molecular weight excluding hydrogens is 265 g/mol. The van der Waals surface area contributed by atoms with Crippen molar-refractivity contribution in [1.29, 1.82) is 0 Å². The monoisotopic (exact) mass is 279 g/mol. The molecule has 0 aliphatic heterocycles. The Morgan fingerprint density at radius 1 is 1.16 bits per heavy atom. The molecule has 0 aliphatic rings. The minimum Gasteiger partial charge on any atom is -0.456 e. The van der Waals surface area contributed by atoms with Gasteiger partial charge in [-0.3, -0.25) is 0 Å². The summed E-state index contributed by atoms with van der Waals surface area (Å²) in [6, 6.07) is 9.92. The van der Waals surface area contributed by atoms with Crippen molar-refractivity contribution in [3.8, 4) is 11.5 Å². The summed E-state index contributed by atoms with van der Waals surface area (Å²) in [4.78, 5) is 0. The Labute approximate surface area is 117 Å². The van der Waals surface area contributed by atoms with Crippen LogP contribution in [0.15, 0.2) is 36.4 Å². The van der Waals surface area contributed by atoms with Crippen molar-refractivity contribution >= 4 is 11.6 Å². The number of hydrogen-bond acceptors (Lipinski definition) is 2. The molecule has 0 saturated heterocycles. The van der Waals surface area contributed by atoms with Crippen LogP contribution in [0.3, 0.4) is 0 Å². The molecule has 0 fully saturated rings. The smallest absolute Gasteiger partial charge is 0.146 e. The first-order chi connectivity index (χ1) is 9.10. The van der Waals surface area contributed by atoms with Crippen molar-refractivity contribution in [2.45, 2.75) is 13.3 Å². The van der Waals surface area contributed by atoms with Crippen LogP contribution < -0.4 is 10.5 Å². The van der Waals surface area contributed by atoms with Gasteiger partial charge in [-0.15, -0.1) is 0 Å². The maximum atomic E-state index is 13.0. The van der Waals surface area contributed by atoms with Crippen LogP contribution in [0.2, 0.25) is 5.02 Å². The molecular formula is C15H15ClFNO. The number of ether oxygens (including phenoxy) is 1. The van der Waals surface area contributed by atoms with E-state index in [4.69, 9.17) is 22.1 Å². The predicted octanol–water partition coefficient (Wildman–Crippen LogP) is 4.08. The summed E-state index contributed by atoms with van der Waals surface area (Å²) >= 11 is 5.95. The molecule has 2 rings (SSSR count). The second-order valence-electron chi connectivity index (χ2n) is 4.33. The number of aryl methyl sites for hydroxylation is 1. The highest BCUT2D eigenvalue weighted by Crippen LogP contribution is 2.32. The first-order valence-corrected chi connectivity index (χ1v) is 6.40. The molecule has 0 heterocycles. The van der Waals surface area contributed by atoms with Gasteiger partial charge in [0.15, 0.2) is 0 Å². The molecule has 2 aromatic rings. The standard InChI is InChI=1S/C15H15ClFNO/c1-10-2-4-14(11(8-10)6-7-18)19-15-5-3-12(17)9-13(15)16/h2-5,8-9H,6-7,18H2,1H3. The van der Waals surface area contributed by atoms with E-state index in [0.717, 1.165) is 17.5 Å². The third kappa shape index (κ3) is 3.46. The topological polar surface area (TPSA) is 35.2 Å². The second-order valence-corrected chi connectivity index (χ2v) is 4.73. The molecule has 0 saturated carbocycles. The zero-order valence-electron chi connectivity index (χ0n) is 10.6. The van der Waals surface area contributed by atoms with Gasteiger partial charge in [0.1, 0.15) is 17.3 Å². The van der Waals surface area contributed by atoms with Gasteiger partial charge in [-0.25, -0.2) is 4.39 Å². The molecule has 2 nitrogen and oxygen atoms in total. The third-order valence-corrected chi connectivity index (χ3v) is 3.04. The summed E-state index contributed by atoms with van der Waals surface area (Å²) in [5, 5.41) is 0.249. The molecule has 2 N–H and O–H groups in total. The molecule has 100 valence electrons. The fourth-order valence-corrected chi connectivity index (χ4v) is 2.04. The Balaban J connectivity index is 2.32. The van der Waals surface area contributed by atoms with Crippen molar-refractivity contribution < 1.29 is 9.13 Å². The van der Waals surface area contributed by atoms with Gasteiger partial charge in [-0.05, 0) is 49.7 Å². The number of rotatable bonds is 4. The van der Waals surface area contributed by atoms with Gasteiger partial charge >= 0.3 is 0 Å². The predicted molar refractivity (Wildman–Crippen MR) is 75.4 cm³/mol. The SMILES string of the molecule is Cc1ccc(Oc2ccc(F)cc2Cl)c(CCN)c1. The molecule has 0 radical (unpaired) electrons. The van der Waals surface area contributed by atoms with E-state index in [1.54, 1.807) is 0 Å². The number of hydrogen-bond donors (Lipinski definition) is 1. The lowest BCUT2D eigenvalue weighted by atomic mass is 10.1. The van der Waals surface area contributed by atoms with Crippen LogP contribution in [0.1, 0.15) is 11.1 Å². The van der Waals surface area contributed by atoms with Crippen LogP contribution in [0.4, 0.5) is 4.39 Å². The Morgan fingerprint density at radius 2 is 1.89 bits per heavy atom. The van der Waals surface area contributed by atoms with Crippen LogP contribution in [0.5, 0.6) is 11.5 Å². The number of benzene rings is 2. The maximum Gasteiger partial charge on any atom is 0.146 e. The first-order valence-electron chi connectivity index (χ1n) is 6.02. The molecule has 4 heteroatoms. The summed E-state index contributed by atoms with van der Waals surface area (Å²) < 4.78 is 18.7. The Kier molecular flexibility index (Phi) is 4.40. The van der Waals surface area contributed by atoms with Crippen LogP contribution >= 0.6 is 11.6 Å². The fraction of sp³-hybridized carbons (Fsp3) is 0.200. The van der Waals surface area contributed by atoms with Gasteiger partial charge in [-0.1, -0.05) is 29.3 Å². The van der Waals surface area contributed by atoms with Gasteiger partial charge in [0.25, 0.3) is 0 Å². The van der Waals surface area contributed by atoms with Gasteiger partial charge in [0.2, 0.25) is 0 Å². The van der Waals surface area contributed by atoms with Gasteiger partial charge in [0.05, 0.1) is 5.02 Å². The quantitative estimate of drug-likeness (QED) is 0.915. The summed E-state index contributed by atoms with van der Waals surface area (Å²) in [7, 11) is 0. The Morgan fingerprint density at radius 3 is 2.58 bits per heavy atom. The zero-order chi connectivity index (χ0) is 13.8. The third-order valence-electron chi connectivity index (χ3n) is 2.74. The number of halogens is 2. The highest BCUT2D eigenvalue weighted by Gasteiger charge is 2.08. The average Bonchev–Trinajstić information content (AvgIpc) is 2.36. The summed E-state index contributed by atoms with van der Waals surface area (Å²) in [6.07, 6.45) is 0.718. The molecule has 19 heavy (non-hydrogen) atoms. The van der Waals surface area contributed by atoms with E-state index < -0.39 is 0 Å². The van der Waals surface area contributed by atoms with Crippen molar-refractivity contribution in [3.05, 3.63) is 58.4 Å². The molecule has 2 aromatic carbocycles. The van der Waals surface area contributed by atoms with E-state index in [9.17, 15) is 4.39 Å². The molecule has 0 spiro atoms. The lowest BCUT2D eigenvalue weighted by Crippen LogP contribution is -2.04. The van der Waals surface area contributed by atoms with Gasteiger partial charge in [-0.2, -0.15) is 0 Å². The Bertz CT molecular complexity index is 586. The second kappa shape index (κ2) is 6.04. The lowest BCUT2D eigenvalue weighted by molar-refractivity contribution is 0.474. The minimum atomic E-state index is -0.386. The van der Waals surface area contributed by atoms with Crippen molar-refractivity contribution in [3.63, 3.8) is 0 Å². The number of nitrogens with two attached hydrogens (primary N) is 1. The van der Waals surface area contributed by atoms with Crippen LogP contribution in [-0.2, 0) is 6.42 Å². The van der Waals surface area contributed by atoms with E-state index in [1.165, 1.54) is 18.2 Å². The van der Waals surface area contributed by atoms with Crippen molar-refractivity contribution in [1.82, 2.24) is 0 Å². The van der Waals surface area contributed by atoms with Gasteiger partial charge < -0.3 is 10.5 Å². The maximum absolute atomic E-state index is 13.0. The molecule has 0 atom stereocenters. The lowest BCUT2D eigenvalue weighted by Gasteiger charge is -2.12. The first kappa shape index (κ1) is 13.8. The highest BCUT2D eigenvalue weighted by molar-refractivity contribution is 6.32. The van der Waals surface area contributed by atoms with E-state index in [0.29, 0.717) is 18.0 Å². The molecule has 0 amide bonds. The van der Waals surface area contributed by atoms with Gasteiger partial charge in [0, 0.05) is 0 Å². The van der Waals surface area contributed by atoms with E-state index in [2.05, 4.69) is 0 Å². The van der Waals surface area contributed by atoms with E-state index in [-0.39, 0.29) is 10.8 Å². The minimum absolute atomic E-state index is 0.249. The zero-order valence-corrected chi connectivity index (χ0v) is 11.4. The van der Waals surface area contributed by atoms with Crippen molar-refractivity contribution in [2.75, 3.05) is 6.54 Å². The van der Waals surface area contributed by atoms with Crippen LogP contribution in [0, 0.1) is 12.7 Å². The van der Waals surface area contributed by atoms with Crippen LogP contribution in [0.25, 0.3) is 0 Å². The summed E-state index contributed by atoms with van der Waals surface area (Å²) in [6.45, 7) is 2.55. The van der Waals surface area contributed by atoms with Crippen LogP contribution in [-0.4, -0.2) is 6.54 Å². The molecule has 0 aliphatic carbocycles. The highest BCUT2D eigenvalue weighted by atomic mass is 35.5. The molecule has 0 unspecified atom stereocenters.